The molecular formula is C32H35F2N7O4S3. The standard InChI is InChI=1S/C32H35F2N7O4S3/c1-18-6-4-8-23(33)29(18)48(44,45)40-24-9-5-7-22(26(24)34)27-28(46-31(39-27)41-19(2)14-35-15-20(41)3)25-10-11-36-30(38-25)37-21-12-32(13-21)16-47(42,43)17-32/h4-11,19-21,35,40H,12-17H2,1-3H3,(H,36,37,38)/t19-,20-/m0/s1. The van der Waals surface area contributed by atoms with E-state index in [1.165, 1.54) is 48.6 Å². The number of thiazole rings is 1. The van der Waals surface area contributed by atoms with Crippen molar-refractivity contribution in [2.45, 2.75) is 56.6 Å². The van der Waals surface area contributed by atoms with E-state index in [1.54, 1.807) is 12.3 Å². The van der Waals surface area contributed by atoms with Crippen LogP contribution < -0.4 is 20.3 Å². The number of piperazine rings is 1. The molecule has 0 radical (unpaired) electrons. The average molecular weight is 716 g/mol. The highest BCUT2D eigenvalue weighted by molar-refractivity contribution is 7.93. The van der Waals surface area contributed by atoms with Crippen LogP contribution in [0.3, 0.4) is 0 Å². The number of halogens is 2. The maximum atomic E-state index is 16.4. The van der Waals surface area contributed by atoms with Gasteiger partial charge in [-0.25, -0.2) is 40.6 Å². The van der Waals surface area contributed by atoms with Gasteiger partial charge in [-0.05, 0) is 63.4 Å². The molecule has 254 valence electrons. The average Bonchev–Trinajstić information content (AvgIpc) is 3.41. The van der Waals surface area contributed by atoms with Gasteiger partial charge in [0.25, 0.3) is 10.0 Å². The number of nitrogens with zero attached hydrogens (tertiary/aromatic N) is 4. The van der Waals surface area contributed by atoms with Crippen LogP contribution in [-0.2, 0) is 19.9 Å². The SMILES string of the molecule is Cc1cccc(F)c1S(=O)(=O)Nc1cccc(-c2nc(N3[C@@H](C)CNC[C@@H]3C)sc2-c2ccnc(NC3CC4(C3)CS(=O)(=O)C4)n2)c1F. The molecule has 3 fully saturated rings. The van der Waals surface area contributed by atoms with Gasteiger partial charge in [0.05, 0.1) is 33.5 Å². The zero-order valence-corrected chi connectivity index (χ0v) is 28.9. The van der Waals surface area contributed by atoms with E-state index >= 15 is 4.39 Å². The van der Waals surface area contributed by atoms with Gasteiger partial charge in [0, 0.05) is 48.4 Å². The first-order valence-corrected chi connectivity index (χ1v) is 19.7. The van der Waals surface area contributed by atoms with E-state index in [-0.39, 0.29) is 57.6 Å². The number of sulfone groups is 1. The minimum atomic E-state index is -4.47. The maximum Gasteiger partial charge on any atom is 0.265 e. The summed E-state index contributed by atoms with van der Waals surface area (Å²) in [4.78, 5) is 16.3. The Balaban J connectivity index is 1.25. The Hall–Kier alpha value is -3.73. The predicted molar refractivity (Wildman–Crippen MR) is 182 cm³/mol. The molecule has 7 rings (SSSR count). The summed E-state index contributed by atoms with van der Waals surface area (Å²) in [5.74, 6) is -1.00. The van der Waals surface area contributed by atoms with E-state index < -0.39 is 36.4 Å². The van der Waals surface area contributed by atoms with Gasteiger partial charge < -0.3 is 15.5 Å². The molecule has 2 aromatic heterocycles. The van der Waals surface area contributed by atoms with Crippen molar-refractivity contribution < 1.29 is 25.6 Å². The topological polar surface area (TPSA) is 146 Å². The van der Waals surface area contributed by atoms with Crippen molar-refractivity contribution in [2.75, 3.05) is 39.5 Å². The van der Waals surface area contributed by atoms with Crippen molar-refractivity contribution in [2.24, 2.45) is 5.41 Å². The second-order valence-corrected chi connectivity index (χ2v) is 17.8. The fraction of sp³-hybridized carbons (Fsp3) is 0.406. The second kappa shape index (κ2) is 12.0. The molecule has 2 saturated heterocycles. The van der Waals surface area contributed by atoms with Crippen molar-refractivity contribution in [3.8, 4) is 21.8 Å². The van der Waals surface area contributed by atoms with Crippen LogP contribution in [0, 0.1) is 24.0 Å². The molecule has 11 nitrogen and oxygen atoms in total. The van der Waals surface area contributed by atoms with Crippen molar-refractivity contribution in [1.82, 2.24) is 20.3 Å². The highest BCUT2D eigenvalue weighted by Crippen LogP contribution is 2.51. The van der Waals surface area contributed by atoms with Crippen molar-refractivity contribution in [3.05, 3.63) is 65.9 Å². The normalized spacial score (nSPS) is 21.8. The molecule has 0 unspecified atom stereocenters. The third kappa shape index (κ3) is 6.03. The Morgan fingerprint density at radius 3 is 2.42 bits per heavy atom. The summed E-state index contributed by atoms with van der Waals surface area (Å²) >= 11 is 1.36. The van der Waals surface area contributed by atoms with Crippen LogP contribution in [0.15, 0.2) is 53.6 Å². The monoisotopic (exact) mass is 715 g/mol. The van der Waals surface area contributed by atoms with Gasteiger partial charge in [0.1, 0.15) is 10.7 Å². The Morgan fingerprint density at radius 2 is 1.73 bits per heavy atom. The van der Waals surface area contributed by atoms with Crippen LogP contribution in [0.4, 0.5) is 25.5 Å². The number of aryl methyl sites for hydroxylation is 1. The van der Waals surface area contributed by atoms with Gasteiger partial charge in [-0.2, -0.15) is 0 Å². The molecule has 2 atom stereocenters. The summed E-state index contributed by atoms with van der Waals surface area (Å²) in [7, 11) is -7.40. The van der Waals surface area contributed by atoms with E-state index in [0.717, 1.165) is 32.0 Å². The molecule has 48 heavy (non-hydrogen) atoms. The first-order chi connectivity index (χ1) is 22.7. The van der Waals surface area contributed by atoms with Crippen LogP contribution >= 0.6 is 11.3 Å². The highest BCUT2D eigenvalue weighted by atomic mass is 32.2. The minimum absolute atomic E-state index is 0.0371. The van der Waals surface area contributed by atoms with Crippen LogP contribution in [0.5, 0.6) is 0 Å². The number of hydrogen-bond donors (Lipinski definition) is 3. The molecule has 4 heterocycles. The number of sulfonamides is 1. The van der Waals surface area contributed by atoms with Gasteiger partial charge >= 0.3 is 0 Å². The molecular weight excluding hydrogens is 681 g/mol. The molecule has 0 amide bonds. The number of nitrogens with one attached hydrogen (secondary N) is 3. The van der Waals surface area contributed by atoms with Crippen molar-refractivity contribution in [3.63, 3.8) is 0 Å². The molecule has 0 bridgehead atoms. The van der Waals surface area contributed by atoms with Crippen molar-refractivity contribution in [1.29, 1.82) is 0 Å². The largest absolute Gasteiger partial charge is 0.351 e. The third-order valence-corrected chi connectivity index (χ3v) is 14.0. The maximum absolute atomic E-state index is 16.4. The fourth-order valence-electron chi connectivity index (χ4n) is 7.18. The number of hydrogen-bond acceptors (Lipinski definition) is 11. The van der Waals surface area contributed by atoms with Gasteiger partial charge in [0.2, 0.25) is 5.95 Å². The highest BCUT2D eigenvalue weighted by Gasteiger charge is 2.56. The summed E-state index contributed by atoms with van der Waals surface area (Å²) in [6.45, 7) is 7.10. The van der Waals surface area contributed by atoms with Gasteiger partial charge in [-0.3, -0.25) is 4.72 Å². The quantitative estimate of drug-likeness (QED) is 0.232. The predicted octanol–water partition coefficient (Wildman–Crippen LogP) is 4.83. The minimum Gasteiger partial charge on any atom is -0.351 e. The molecule has 1 aliphatic carbocycles. The second-order valence-electron chi connectivity index (χ2n) is 13.1. The lowest BCUT2D eigenvalue weighted by atomic mass is 9.67. The first kappa shape index (κ1) is 32.8. The number of rotatable bonds is 8. The summed E-state index contributed by atoms with van der Waals surface area (Å²) in [6.07, 6.45) is 3.04. The third-order valence-electron chi connectivity index (χ3n) is 9.23. The lowest BCUT2D eigenvalue weighted by Crippen LogP contribution is -2.60. The first-order valence-electron chi connectivity index (χ1n) is 15.6. The summed E-state index contributed by atoms with van der Waals surface area (Å²) in [5.41, 5.74) is 0.511. The van der Waals surface area contributed by atoms with E-state index in [2.05, 4.69) is 39.1 Å². The molecule has 2 aromatic carbocycles. The Bertz CT molecular complexity index is 2080. The summed E-state index contributed by atoms with van der Waals surface area (Å²) in [6, 6.07) is 10.2. The number of aromatic nitrogens is 3. The Morgan fingerprint density at radius 1 is 1.02 bits per heavy atom. The van der Waals surface area contributed by atoms with E-state index in [4.69, 9.17) is 9.97 Å². The molecule has 3 aliphatic rings. The Labute approximate surface area is 282 Å². The molecule has 3 N–H and O–H groups in total. The zero-order chi connectivity index (χ0) is 34.0. The molecule has 1 spiro atoms. The smallest absolute Gasteiger partial charge is 0.265 e. The van der Waals surface area contributed by atoms with Crippen LogP contribution in [0.2, 0.25) is 0 Å². The van der Waals surface area contributed by atoms with Gasteiger partial charge in [-0.1, -0.05) is 29.5 Å². The van der Waals surface area contributed by atoms with Crippen LogP contribution in [0.1, 0.15) is 32.3 Å². The summed E-state index contributed by atoms with van der Waals surface area (Å²) < 4.78 is 83.3. The molecule has 1 saturated carbocycles. The zero-order valence-electron chi connectivity index (χ0n) is 26.5. The van der Waals surface area contributed by atoms with Gasteiger partial charge in [-0.15, -0.1) is 0 Å². The van der Waals surface area contributed by atoms with Crippen LogP contribution in [0.25, 0.3) is 21.8 Å². The lowest BCUT2D eigenvalue weighted by Gasteiger charge is -2.53. The molecule has 16 heteroatoms. The van der Waals surface area contributed by atoms with Crippen molar-refractivity contribution >= 4 is 48.0 Å². The fourth-order valence-corrected chi connectivity index (χ4v) is 12.1. The van der Waals surface area contributed by atoms with Gasteiger partial charge in [0.15, 0.2) is 20.8 Å². The molecule has 4 aromatic rings. The number of anilines is 3. The van der Waals surface area contributed by atoms with E-state index in [1.807, 2.05) is 0 Å². The lowest BCUT2D eigenvalue weighted by molar-refractivity contribution is 0.153. The summed E-state index contributed by atoms with van der Waals surface area (Å²) in [5, 5.41) is 7.39. The number of benzene rings is 2. The van der Waals surface area contributed by atoms with Crippen LogP contribution in [-0.4, -0.2) is 74.5 Å². The Kier molecular flexibility index (Phi) is 8.20. The van der Waals surface area contributed by atoms with E-state index in [0.29, 0.717) is 21.7 Å². The molecule has 2 aliphatic heterocycles. The van der Waals surface area contributed by atoms with E-state index in [9.17, 15) is 21.2 Å².